The van der Waals surface area contributed by atoms with Gasteiger partial charge in [0.1, 0.15) is 11.6 Å². The van der Waals surface area contributed by atoms with Gasteiger partial charge in [-0.25, -0.2) is 9.18 Å². The molecule has 0 spiro atoms. The van der Waals surface area contributed by atoms with Gasteiger partial charge in [-0.2, -0.15) is 0 Å². The molecule has 2 aromatic rings. The number of ketones is 1. The summed E-state index contributed by atoms with van der Waals surface area (Å²) in [5.74, 6) is -2.31. The molecule has 0 saturated heterocycles. The normalized spacial score (nSPS) is 10.1. The van der Waals surface area contributed by atoms with Crippen LogP contribution in [0.5, 0.6) is 5.75 Å². The number of carbonyl (C=O) groups is 3. The van der Waals surface area contributed by atoms with Crippen LogP contribution >= 0.6 is 11.6 Å². The van der Waals surface area contributed by atoms with Crippen LogP contribution < -0.4 is 10.1 Å². The van der Waals surface area contributed by atoms with Gasteiger partial charge in [-0.15, -0.1) is 0 Å². The van der Waals surface area contributed by atoms with E-state index in [1.165, 1.54) is 25.1 Å². The largest absolute Gasteiger partial charge is 0.482 e. The maximum Gasteiger partial charge on any atom is 0.344 e. The number of hydrogen-bond acceptors (Lipinski definition) is 5. The molecule has 2 aromatic carbocycles. The van der Waals surface area contributed by atoms with Crippen LogP contribution in [0.3, 0.4) is 0 Å². The first-order valence-electron chi connectivity index (χ1n) is 7.49. The molecule has 0 aromatic heterocycles. The predicted molar refractivity (Wildman–Crippen MR) is 92.9 cm³/mol. The van der Waals surface area contributed by atoms with E-state index in [1.807, 2.05) is 0 Å². The van der Waals surface area contributed by atoms with Gasteiger partial charge in [-0.05, 0) is 36.4 Å². The van der Waals surface area contributed by atoms with E-state index in [9.17, 15) is 18.8 Å². The zero-order valence-corrected chi connectivity index (χ0v) is 14.5. The molecule has 2 rings (SSSR count). The molecule has 0 fully saturated rings. The number of anilines is 1. The summed E-state index contributed by atoms with van der Waals surface area (Å²) in [7, 11) is 0. The minimum atomic E-state index is -0.826. The maximum atomic E-state index is 13.9. The number of rotatable bonds is 7. The second-order valence-corrected chi connectivity index (χ2v) is 5.64. The lowest BCUT2D eigenvalue weighted by atomic mass is 10.1. The fraction of sp³-hybridized carbons (Fsp3) is 0.167. The fourth-order valence-electron chi connectivity index (χ4n) is 1.99. The highest BCUT2D eigenvalue weighted by Gasteiger charge is 2.15. The molecule has 0 heterocycles. The third kappa shape index (κ3) is 5.86. The molecule has 6 nitrogen and oxygen atoms in total. The van der Waals surface area contributed by atoms with E-state index in [0.717, 1.165) is 6.07 Å². The van der Waals surface area contributed by atoms with Gasteiger partial charge in [0.25, 0.3) is 0 Å². The second kappa shape index (κ2) is 8.96. The van der Waals surface area contributed by atoms with Crippen LogP contribution in [-0.4, -0.2) is 30.9 Å². The molecular weight excluding hydrogens is 365 g/mol. The zero-order valence-electron chi connectivity index (χ0n) is 13.8. The predicted octanol–water partition coefficient (Wildman–Crippen LogP) is 3.24. The summed E-state index contributed by atoms with van der Waals surface area (Å²) in [6, 6.07) is 10.0. The zero-order chi connectivity index (χ0) is 19.1. The molecule has 8 heteroatoms. The van der Waals surface area contributed by atoms with Crippen LogP contribution in [0.2, 0.25) is 5.02 Å². The van der Waals surface area contributed by atoms with E-state index in [4.69, 9.17) is 21.1 Å². The van der Waals surface area contributed by atoms with Crippen LogP contribution in [-0.2, 0) is 14.3 Å². The van der Waals surface area contributed by atoms with E-state index < -0.39 is 30.8 Å². The average Bonchev–Trinajstić information content (AvgIpc) is 2.57. The minimum absolute atomic E-state index is 0.221. The van der Waals surface area contributed by atoms with Crippen LogP contribution in [0.15, 0.2) is 42.5 Å². The first-order chi connectivity index (χ1) is 12.3. The van der Waals surface area contributed by atoms with Crippen molar-refractivity contribution < 1.29 is 28.2 Å². The van der Waals surface area contributed by atoms with Gasteiger partial charge in [0, 0.05) is 17.6 Å². The Bertz CT molecular complexity index is 840. The van der Waals surface area contributed by atoms with Crippen LogP contribution in [0.25, 0.3) is 0 Å². The molecule has 1 amide bonds. The van der Waals surface area contributed by atoms with Crippen molar-refractivity contribution in [2.75, 3.05) is 18.5 Å². The Morgan fingerprint density at radius 1 is 1.12 bits per heavy atom. The smallest absolute Gasteiger partial charge is 0.344 e. The summed E-state index contributed by atoms with van der Waals surface area (Å²) in [6.07, 6.45) is 0. The monoisotopic (exact) mass is 379 g/mol. The summed E-state index contributed by atoms with van der Waals surface area (Å²) in [5.41, 5.74) is -0.0267. The number of carbonyl (C=O) groups excluding carboxylic acids is 3. The van der Waals surface area contributed by atoms with Gasteiger partial charge in [0.05, 0.1) is 5.56 Å². The van der Waals surface area contributed by atoms with Gasteiger partial charge < -0.3 is 14.8 Å². The summed E-state index contributed by atoms with van der Waals surface area (Å²) in [5, 5.41) is 2.85. The summed E-state index contributed by atoms with van der Waals surface area (Å²) in [6.45, 7) is 0.230. The van der Waals surface area contributed by atoms with Crippen molar-refractivity contribution in [3.63, 3.8) is 0 Å². The first kappa shape index (κ1) is 19.4. The highest BCUT2D eigenvalue weighted by Crippen LogP contribution is 2.17. The summed E-state index contributed by atoms with van der Waals surface area (Å²) < 4.78 is 23.9. The lowest BCUT2D eigenvalue weighted by Crippen LogP contribution is -2.20. The molecule has 0 aliphatic carbocycles. The van der Waals surface area contributed by atoms with Gasteiger partial charge >= 0.3 is 5.97 Å². The minimum Gasteiger partial charge on any atom is -0.482 e. The van der Waals surface area contributed by atoms with Crippen molar-refractivity contribution in [1.82, 2.24) is 0 Å². The number of esters is 1. The topological polar surface area (TPSA) is 81.7 Å². The van der Waals surface area contributed by atoms with Gasteiger partial charge in [0.2, 0.25) is 11.7 Å². The van der Waals surface area contributed by atoms with Crippen molar-refractivity contribution in [1.29, 1.82) is 0 Å². The second-order valence-electron chi connectivity index (χ2n) is 5.21. The Morgan fingerprint density at radius 3 is 2.54 bits per heavy atom. The molecule has 26 heavy (non-hydrogen) atoms. The Kier molecular flexibility index (Phi) is 6.68. The van der Waals surface area contributed by atoms with Gasteiger partial charge in [-0.3, -0.25) is 9.59 Å². The third-order valence-electron chi connectivity index (χ3n) is 3.11. The van der Waals surface area contributed by atoms with Gasteiger partial charge in [0.15, 0.2) is 13.2 Å². The maximum absolute atomic E-state index is 13.9. The summed E-state index contributed by atoms with van der Waals surface area (Å²) >= 11 is 5.78. The van der Waals surface area contributed by atoms with E-state index in [2.05, 4.69) is 5.32 Å². The number of nitrogens with one attached hydrogen (secondary N) is 1. The molecular formula is C18H15ClFNO5. The van der Waals surface area contributed by atoms with Crippen molar-refractivity contribution >= 4 is 34.9 Å². The van der Waals surface area contributed by atoms with Crippen molar-refractivity contribution in [2.24, 2.45) is 0 Å². The highest BCUT2D eigenvalue weighted by molar-refractivity contribution is 6.30. The van der Waals surface area contributed by atoms with Crippen molar-refractivity contribution in [2.45, 2.75) is 6.92 Å². The molecule has 0 saturated carbocycles. The molecule has 0 radical (unpaired) electrons. The number of amides is 1. The average molecular weight is 380 g/mol. The molecule has 0 unspecified atom stereocenters. The van der Waals surface area contributed by atoms with Gasteiger partial charge in [-0.1, -0.05) is 17.7 Å². The standard InChI is InChI=1S/C18H15ClFNO5/c1-11(22)21-13-5-6-15(16(20)8-13)17(23)9-26-18(24)10-25-14-4-2-3-12(19)7-14/h2-8H,9-10H2,1H3,(H,21,22). The Morgan fingerprint density at radius 2 is 1.88 bits per heavy atom. The molecule has 0 aliphatic heterocycles. The number of benzene rings is 2. The van der Waals surface area contributed by atoms with E-state index in [-0.39, 0.29) is 17.2 Å². The first-order valence-corrected chi connectivity index (χ1v) is 7.87. The Labute approximate surface area is 153 Å². The Balaban J connectivity index is 1.85. The lowest BCUT2D eigenvalue weighted by molar-refractivity contribution is -0.144. The van der Waals surface area contributed by atoms with Crippen LogP contribution in [0.1, 0.15) is 17.3 Å². The quantitative estimate of drug-likeness (QED) is 0.590. The number of Topliss-reactive ketones (excluding diaryl/α,β-unsaturated/α-hetero) is 1. The molecule has 0 bridgehead atoms. The van der Waals surface area contributed by atoms with E-state index in [0.29, 0.717) is 10.8 Å². The molecule has 0 aliphatic rings. The number of halogens is 2. The fourth-order valence-corrected chi connectivity index (χ4v) is 2.17. The molecule has 0 atom stereocenters. The van der Waals surface area contributed by atoms with Crippen molar-refractivity contribution in [3.05, 3.63) is 58.9 Å². The highest BCUT2D eigenvalue weighted by atomic mass is 35.5. The van der Waals surface area contributed by atoms with E-state index in [1.54, 1.807) is 18.2 Å². The number of ether oxygens (including phenoxy) is 2. The Hall–Kier alpha value is -2.93. The van der Waals surface area contributed by atoms with E-state index >= 15 is 0 Å². The van der Waals surface area contributed by atoms with Crippen molar-refractivity contribution in [3.8, 4) is 5.75 Å². The SMILES string of the molecule is CC(=O)Nc1ccc(C(=O)COC(=O)COc2cccc(Cl)c2)c(F)c1. The number of hydrogen-bond donors (Lipinski definition) is 1. The van der Waals surface area contributed by atoms with Crippen LogP contribution in [0.4, 0.5) is 10.1 Å². The molecule has 1 N–H and O–H groups in total. The van der Waals surface area contributed by atoms with Crippen LogP contribution in [0, 0.1) is 5.82 Å². The summed E-state index contributed by atoms with van der Waals surface area (Å²) in [4.78, 5) is 34.5. The lowest BCUT2D eigenvalue weighted by Gasteiger charge is -2.08. The molecule has 136 valence electrons. The third-order valence-corrected chi connectivity index (χ3v) is 3.34.